The molecule has 0 aliphatic carbocycles. The number of rotatable bonds is 4. The number of benzene rings is 2. The van der Waals surface area contributed by atoms with Crippen LogP contribution in [0.4, 0.5) is 18.9 Å². The standard InChI is InChI=1S/C19H18BrF3N2O/c20-14-6-3-5-13(11-14)17-9-4-10-25(17)12-18(26)24-16-8-2-1-7-15(16)19(21,22)23/h1-3,5-8,11,17H,4,9-10,12H2,(H,24,26). The van der Waals surface area contributed by atoms with E-state index in [1.807, 2.05) is 29.2 Å². The summed E-state index contributed by atoms with van der Waals surface area (Å²) in [5.74, 6) is -0.441. The van der Waals surface area contributed by atoms with Crippen molar-refractivity contribution in [3.05, 3.63) is 64.1 Å². The summed E-state index contributed by atoms with van der Waals surface area (Å²) < 4.78 is 40.1. The van der Waals surface area contributed by atoms with Crippen LogP contribution in [-0.4, -0.2) is 23.9 Å². The fourth-order valence-electron chi connectivity index (χ4n) is 3.32. The van der Waals surface area contributed by atoms with Crippen molar-refractivity contribution in [2.45, 2.75) is 25.1 Å². The third-order valence-corrected chi connectivity index (χ3v) is 4.94. The normalized spacial score (nSPS) is 18.1. The van der Waals surface area contributed by atoms with Crippen LogP contribution in [0.25, 0.3) is 0 Å². The van der Waals surface area contributed by atoms with Gasteiger partial charge in [0.05, 0.1) is 17.8 Å². The number of nitrogens with one attached hydrogen (secondary N) is 1. The fraction of sp³-hybridized carbons (Fsp3) is 0.316. The molecule has 1 aliphatic heterocycles. The Bertz CT molecular complexity index is 794. The molecular weight excluding hydrogens is 409 g/mol. The summed E-state index contributed by atoms with van der Waals surface area (Å²) in [4.78, 5) is 14.4. The van der Waals surface area contributed by atoms with Gasteiger partial charge < -0.3 is 5.32 Å². The van der Waals surface area contributed by atoms with E-state index in [9.17, 15) is 18.0 Å². The third kappa shape index (κ3) is 4.45. The van der Waals surface area contributed by atoms with Crippen molar-refractivity contribution in [2.24, 2.45) is 0 Å². The molecule has 0 aromatic heterocycles. The molecule has 1 unspecified atom stereocenters. The predicted molar refractivity (Wildman–Crippen MR) is 97.8 cm³/mol. The van der Waals surface area contributed by atoms with Crippen molar-refractivity contribution in [1.29, 1.82) is 0 Å². The summed E-state index contributed by atoms with van der Waals surface area (Å²) in [6, 6.07) is 13.0. The minimum atomic E-state index is -4.50. The van der Waals surface area contributed by atoms with Gasteiger partial charge in [0.1, 0.15) is 0 Å². The molecule has 1 amide bonds. The number of carbonyl (C=O) groups excluding carboxylic acids is 1. The first-order valence-electron chi connectivity index (χ1n) is 8.30. The number of nitrogens with zero attached hydrogens (tertiary/aromatic N) is 1. The number of carbonyl (C=O) groups is 1. The highest BCUT2D eigenvalue weighted by molar-refractivity contribution is 9.10. The maximum atomic E-state index is 13.1. The number of likely N-dealkylation sites (tertiary alicyclic amines) is 1. The topological polar surface area (TPSA) is 32.3 Å². The lowest BCUT2D eigenvalue weighted by atomic mass is 10.0. The van der Waals surface area contributed by atoms with Crippen LogP contribution in [0.3, 0.4) is 0 Å². The van der Waals surface area contributed by atoms with Gasteiger partial charge in [0.15, 0.2) is 0 Å². The maximum absolute atomic E-state index is 13.1. The average molecular weight is 427 g/mol. The minimum Gasteiger partial charge on any atom is -0.324 e. The molecular formula is C19H18BrF3N2O. The zero-order valence-corrected chi connectivity index (χ0v) is 15.5. The van der Waals surface area contributed by atoms with Gasteiger partial charge in [-0.25, -0.2) is 0 Å². The highest BCUT2D eigenvalue weighted by atomic mass is 79.9. The SMILES string of the molecule is O=C(CN1CCCC1c1cccc(Br)c1)Nc1ccccc1C(F)(F)F. The Morgan fingerprint density at radius 3 is 2.69 bits per heavy atom. The molecule has 1 saturated heterocycles. The zero-order valence-electron chi connectivity index (χ0n) is 13.9. The van der Waals surface area contributed by atoms with Crippen LogP contribution < -0.4 is 5.32 Å². The van der Waals surface area contributed by atoms with Crippen molar-refractivity contribution >= 4 is 27.5 Å². The van der Waals surface area contributed by atoms with Crippen LogP contribution in [0.5, 0.6) is 0 Å². The monoisotopic (exact) mass is 426 g/mol. The van der Waals surface area contributed by atoms with E-state index in [-0.39, 0.29) is 18.3 Å². The molecule has 1 atom stereocenters. The molecule has 0 spiro atoms. The van der Waals surface area contributed by atoms with Crippen LogP contribution in [0.1, 0.15) is 30.0 Å². The first-order chi connectivity index (χ1) is 12.3. The van der Waals surface area contributed by atoms with E-state index in [1.165, 1.54) is 18.2 Å². The Morgan fingerprint density at radius 1 is 1.19 bits per heavy atom. The smallest absolute Gasteiger partial charge is 0.324 e. The van der Waals surface area contributed by atoms with Crippen LogP contribution in [0, 0.1) is 0 Å². The molecule has 1 heterocycles. The van der Waals surface area contributed by atoms with E-state index in [2.05, 4.69) is 21.2 Å². The molecule has 138 valence electrons. The first-order valence-corrected chi connectivity index (χ1v) is 9.09. The van der Waals surface area contributed by atoms with E-state index in [4.69, 9.17) is 0 Å². The number of anilines is 1. The zero-order chi connectivity index (χ0) is 18.7. The van der Waals surface area contributed by atoms with E-state index in [0.29, 0.717) is 0 Å². The van der Waals surface area contributed by atoms with Crippen LogP contribution in [0.2, 0.25) is 0 Å². The average Bonchev–Trinajstić information content (AvgIpc) is 3.02. The summed E-state index contributed by atoms with van der Waals surface area (Å²) >= 11 is 3.45. The van der Waals surface area contributed by atoms with Crippen molar-refractivity contribution in [2.75, 3.05) is 18.4 Å². The van der Waals surface area contributed by atoms with Crippen LogP contribution >= 0.6 is 15.9 Å². The number of alkyl halides is 3. The van der Waals surface area contributed by atoms with Crippen molar-refractivity contribution < 1.29 is 18.0 Å². The number of hydrogen-bond acceptors (Lipinski definition) is 2. The Balaban J connectivity index is 1.70. The van der Waals surface area contributed by atoms with E-state index in [1.54, 1.807) is 0 Å². The predicted octanol–water partition coefficient (Wildman–Crippen LogP) is 5.24. The largest absolute Gasteiger partial charge is 0.418 e. The van der Waals surface area contributed by atoms with Gasteiger partial charge >= 0.3 is 6.18 Å². The molecule has 2 aromatic rings. The second-order valence-electron chi connectivity index (χ2n) is 6.28. The maximum Gasteiger partial charge on any atom is 0.418 e. The highest BCUT2D eigenvalue weighted by Crippen LogP contribution is 2.35. The van der Waals surface area contributed by atoms with Gasteiger partial charge in [-0.15, -0.1) is 0 Å². The Labute approximate surface area is 158 Å². The Hall–Kier alpha value is -1.86. The quantitative estimate of drug-likeness (QED) is 0.724. The van der Waals surface area contributed by atoms with Crippen molar-refractivity contribution in [3.8, 4) is 0 Å². The molecule has 1 N–H and O–H groups in total. The number of para-hydroxylation sites is 1. The number of hydrogen-bond donors (Lipinski definition) is 1. The lowest BCUT2D eigenvalue weighted by Crippen LogP contribution is -2.33. The molecule has 3 rings (SSSR count). The van der Waals surface area contributed by atoms with Gasteiger partial charge in [0.25, 0.3) is 0 Å². The minimum absolute atomic E-state index is 0.0589. The second kappa shape index (κ2) is 7.80. The fourth-order valence-corrected chi connectivity index (χ4v) is 3.74. The molecule has 1 aliphatic rings. The summed E-state index contributed by atoms with van der Waals surface area (Å²) in [5.41, 5.74) is 0.0573. The van der Waals surface area contributed by atoms with E-state index < -0.39 is 17.6 Å². The van der Waals surface area contributed by atoms with Gasteiger partial charge in [-0.3, -0.25) is 9.69 Å². The number of amides is 1. The lowest BCUT2D eigenvalue weighted by Gasteiger charge is -2.24. The highest BCUT2D eigenvalue weighted by Gasteiger charge is 2.34. The second-order valence-corrected chi connectivity index (χ2v) is 7.19. The molecule has 2 aromatic carbocycles. The first kappa shape index (κ1) is 18.9. The van der Waals surface area contributed by atoms with Gasteiger partial charge in [-0.05, 0) is 49.2 Å². The van der Waals surface area contributed by atoms with Crippen molar-refractivity contribution in [1.82, 2.24) is 4.90 Å². The van der Waals surface area contributed by atoms with Gasteiger partial charge in [0.2, 0.25) is 5.91 Å². The molecule has 26 heavy (non-hydrogen) atoms. The van der Waals surface area contributed by atoms with E-state index in [0.717, 1.165) is 35.5 Å². The molecule has 0 bridgehead atoms. The Kier molecular flexibility index (Phi) is 5.67. The molecule has 0 radical (unpaired) electrons. The Morgan fingerprint density at radius 2 is 1.96 bits per heavy atom. The lowest BCUT2D eigenvalue weighted by molar-refractivity contribution is -0.137. The summed E-state index contributed by atoms with van der Waals surface area (Å²) in [5, 5.41) is 2.42. The van der Waals surface area contributed by atoms with Crippen LogP contribution in [0.15, 0.2) is 53.0 Å². The third-order valence-electron chi connectivity index (χ3n) is 4.45. The molecule has 1 fully saturated rings. The van der Waals surface area contributed by atoms with Gasteiger partial charge in [-0.1, -0.05) is 40.2 Å². The summed E-state index contributed by atoms with van der Waals surface area (Å²) in [6.07, 6.45) is -2.64. The van der Waals surface area contributed by atoms with Crippen LogP contribution in [-0.2, 0) is 11.0 Å². The van der Waals surface area contributed by atoms with Gasteiger partial charge in [-0.2, -0.15) is 13.2 Å². The molecule has 3 nitrogen and oxygen atoms in total. The summed E-state index contributed by atoms with van der Waals surface area (Å²) in [6.45, 7) is 0.800. The van der Waals surface area contributed by atoms with Gasteiger partial charge in [0, 0.05) is 10.5 Å². The van der Waals surface area contributed by atoms with E-state index >= 15 is 0 Å². The molecule has 7 heteroatoms. The molecule has 0 saturated carbocycles. The summed E-state index contributed by atoms with van der Waals surface area (Å²) in [7, 11) is 0. The number of halogens is 4. The van der Waals surface area contributed by atoms with Crippen molar-refractivity contribution in [3.63, 3.8) is 0 Å².